The Balaban J connectivity index is 1.61. The van der Waals surface area contributed by atoms with Crippen molar-refractivity contribution in [3.05, 3.63) is 94.8 Å². The maximum atomic E-state index is 13.9. The fourth-order valence-electron chi connectivity index (χ4n) is 3.52. The quantitative estimate of drug-likeness (QED) is 0.436. The van der Waals surface area contributed by atoms with Crippen LogP contribution < -0.4 is 19.7 Å². The molecule has 1 fully saturated rings. The lowest BCUT2D eigenvalue weighted by Crippen LogP contribution is -2.54. The Hall–Kier alpha value is -4.46. The van der Waals surface area contributed by atoms with E-state index < -0.39 is 17.8 Å². The predicted molar refractivity (Wildman–Crippen MR) is 124 cm³/mol. The summed E-state index contributed by atoms with van der Waals surface area (Å²) in [6, 6.07) is 17.2. The van der Waals surface area contributed by atoms with E-state index in [4.69, 9.17) is 9.47 Å². The van der Waals surface area contributed by atoms with E-state index in [9.17, 15) is 18.8 Å². The van der Waals surface area contributed by atoms with Crippen molar-refractivity contribution in [3.63, 3.8) is 0 Å². The molecular formula is C26H21FN2O5. The van der Waals surface area contributed by atoms with Gasteiger partial charge in [-0.1, -0.05) is 42.5 Å². The zero-order valence-corrected chi connectivity index (χ0v) is 18.5. The van der Waals surface area contributed by atoms with Crippen LogP contribution >= 0.6 is 0 Å². The highest BCUT2D eigenvalue weighted by molar-refractivity contribution is 6.39. The fraction of sp³-hybridized carbons (Fsp3) is 0.115. The SMILES string of the molecule is COc1cc(/C=C2\C(=O)NC(=O)N(c3ccccc3C)C2=O)ccc1OCc1ccccc1F. The number of methoxy groups -OCH3 is 1. The summed E-state index contributed by atoms with van der Waals surface area (Å²) in [5, 5.41) is 2.21. The number of carbonyl (C=O) groups excluding carboxylic acids is 3. The molecule has 1 saturated heterocycles. The number of hydrogen-bond acceptors (Lipinski definition) is 5. The van der Waals surface area contributed by atoms with Crippen molar-refractivity contribution in [2.45, 2.75) is 13.5 Å². The van der Waals surface area contributed by atoms with Gasteiger partial charge in [0.1, 0.15) is 18.0 Å². The summed E-state index contributed by atoms with van der Waals surface area (Å²) >= 11 is 0. The molecule has 1 N–H and O–H groups in total. The Morgan fingerprint density at radius 1 is 0.971 bits per heavy atom. The fourth-order valence-corrected chi connectivity index (χ4v) is 3.52. The van der Waals surface area contributed by atoms with Gasteiger partial charge in [0.2, 0.25) is 0 Å². The topological polar surface area (TPSA) is 84.9 Å². The second kappa shape index (κ2) is 9.58. The van der Waals surface area contributed by atoms with E-state index in [1.54, 1.807) is 67.6 Å². The molecule has 0 unspecified atom stereocenters. The summed E-state index contributed by atoms with van der Waals surface area (Å²) in [6.45, 7) is 1.76. The number of aryl methyl sites for hydroxylation is 1. The third-order valence-electron chi connectivity index (χ3n) is 5.30. The number of amides is 4. The molecular weight excluding hydrogens is 439 g/mol. The number of rotatable bonds is 6. The number of para-hydroxylation sites is 1. The van der Waals surface area contributed by atoms with E-state index in [1.807, 2.05) is 0 Å². The highest BCUT2D eigenvalue weighted by Gasteiger charge is 2.37. The van der Waals surface area contributed by atoms with Crippen molar-refractivity contribution in [2.24, 2.45) is 0 Å². The van der Waals surface area contributed by atoms with Crippen LogP contribution in [0.15, 0.2) is 72.3 Å². The van der Waals surface area contributed by atoms with E-state index in [-0.39, 0.29) is 18.0 Å². The van der Waals surface area contributed by atoms with Gasteiger partial charge >= 0.3 is 6.03 Å². The summed E-state index contributed by atoms with van der Waals surface area (Å²) in [5.41, 5.74) is 1.76. The van der Waals surface area contributed by atoms with Gasteiger partial charge in [0.15, 0.2) is 11.5 Å². The van der Waals surface area contributed by atoms with Crippen molar-refractivity contribution in [2.75, 3.05) is 12.0 Å². The minimum absolute atomic E-state index is 0.00212. The van der Waals surface area contributed by atoms with Crippen LogP contribution in [0.3, 0.4) is 0 Å². The molecule has 1 heterocycles. The Kier molecular flexibility index (Phi) is 6.40. The third kappa shape index (κ3) is 4.52. The van der Waals surface area contributed by atoms with E-state index in [0.29, 0.717) is 33.9 Å². The number of halogens is 1. The molecule has 0 aromatic heterocycles. The lowest BCUT2D eigenvalue weighted by molar-refractivity contribution is -0.122. The molecule has 0 bridgehead atoms. The van der Waals surface area contributed by atoms with Gasteiger partial charge < -0.3 is 9.47 Å². The molecule has 4 amide bonds. The standard InChI is InChI=1S/C26H21FN2O5/c1-16-7-3-6-10-21(16)29-25(31)19(24(30)28-26(29)32)13-17-11-12-22(23(14-17)33-2)34-15-18-8-4-5-9-20(18)27/h3-14H,15H2,1-2H3,(H,28,30,32)/b19-13+. The van der Waals surface area contributed by atoms with Crippen molar-refractivity contribution in [3.8, 4) is 11.5 Å². The molecule has 0 atom stereocenters. The van der Waals surface area contributed by atoms with Crippen molar-refractivity contribution in [1.82, 2.24) is 5.32 Å². The molecule has 4 rings (SSSR count). The number of anilines is 1. The minimum atomic E-state index is -0.809. The molecule has 0 saturated carbocycles. The summed E-state index contributed by atoms with van der Waals surface area (Å²) in [4.78, 5) is 38.9. The van der Waals surface area contributed by atoms with Crippen molar-refractivity contribution >= 4 is 29.6 Å². The molecule has 3 aromatic carbocycles. The number of barbiturate groups is 1. The molecule has 3 aromatic rings. The lowest BCUT2D eigenvalue weighted by Gasteiger charge is -2.27. The van der Waals surface area contributed by atoms with Crippen LogP contribution in [0, 0.1) is 12.7 Å². The van der Waals surface area contributed by atoms with E-state index in [2.05, 4.69) is 5.32 Å². The Morgan fingerprint density at radius 2 is 1.71 bits per heavy atom. The Morgan fingerprint density at radius 3 is 2.44 bits per heavy atom. The normalized spacial score (nSPS) is 14.9. The number of urea groups is 1. The van der Waals surface area contributed by atoms with E-state index in [0.717, 1.165) is 4.90 Å². The molecule has 0 radical (unpaired) electrons. The largest absolute Gasteiger partial charge is 0.493 e. The number of nitrogens with zero attached hydrogens (tertiary/aromatic N) is 1. The first-order valence-corrected chi connectivity index (χ1v) is 10.4. The predicted octanol–water partition coefficient (Wildman–Crippen LogP) is 4.39. The van der Waals surface area contributed by atoms with Crippen molar-refractivity contribution < 1.29 is 28.2 Å². The average Bonchev–Trinajstić information content (AvgIpc) is 2.82. The molecule has 8 heteroatoms. The van der Waals surface area contributed by atoms with Crippen LogP contribution in [-0.2, 0) is 16.2 Å². The molecule has 1 aliphatic heterocycles. The van der Waals surface area contributed by atoms with Crippen LogP contribution in [0.2, 0.25) is 0 Å². The van der Waals surface area contributed by atoms with Crippen molar-refractivity contribution in [1.29, 1.82) is 0 Å². The first-order valence-electron chi connectivity index (χ1n) is 10.4. The maximum Gasteiger partial charge on any atom is 0.335 e. The highest BCUT2D eigenvalue weighted by atomic mass is 19.1. The summed E-state index contributed by atoms with van der Waals surface area (Å²) in [7, 11) is 1.44. The van der Waals surface area contributed by atoms with Gasteiger partial charge in [-0.3, -0.25) is 14.9 Å². The molecule has 34 heavy (non-hydrogen) atoms. The van der Waals surface area contributed by atoms with Crippen LogP contribution in [0.1, 0.15) is 16.7 Å². The van der Waals surface area contributed by atoms with Gasteiger partial charge in [0, 0.05) is 5.56 Å². The zero-order chi connectivity index (χ0) is 24.2. The molecule has 0 spiro atoms. The van der Waals surface area contributed by atoms with Crippen LogP contribution in [0.4, 0.5) is 14.9 Å². The maximum absolute atomic E-state index is 13.9. The number of hydrogen-bond donors (Lipinski definition) is 1. The van der Waals surface area contributed by atoms with Gasteiger partial charge in [0.25, 0.3) is 11.8 Å². The summed E-state index contributed by atoms with van der Waals surface area (Å²) in [5.74, 6) is -1.21. The first kappa shape index (κ1) is 22.7. The van der Waals surface area contributed by atoms with E-state index >= 15 is 0 Å². The van der Waals surface area contributed by atoms with Gasteiger partial charge in [-0.05, 0) is 48.4 Å². The minimum Gasteiger partial charge on any atom is -0.493 e. The highest BCUT2D eigenvalue weighted by Crippen LogP contribution is 2.31. The van der Waals surface area contributed by atoms with Gasteiger partial charge in [-0.15, -0.1) is 0 Å². The number of ether oxygens (including phenoxy) is 2. The summed E-state index contributed by atoms with van der Waals surface area (Å²) in [6.07, 6.45) is 1.37. The molecule has 172 valence electrons. The molecule has 7 nitrogen and oxygen atoms in total. The average molecular weight is 460 g/mol. The number of imide groups is 2. The third-order valence-corrected chi connectivity index (χ3v) is 5.30. The van der Waals surface area contributed by atoms with Gasteiger partial charge in [-0.2, -0.15) is 0 Å². The smallest absolute Gasteiger partial charge is 0.335 e. The first-order chi connectivity index (χ1) is 16.4. The van der Waals surface area contributed by atoms with Gasteiger partial charge in [0.05, 0.1) is 12.8 Å². The summed E-state index contributed by atoms with van der Waals surface area (Å²) < 4.78 is 24.9. The second-order valence-electron chi connectivity index (χ2n) is 7.53. The number of nitrogens with one attached hydrogen (secondary N) is 1. The molecule has 1 aliphatic rings. The Bertz CT molecular complexity index is 1320. The van der Waals surface area contributed by atoms with Crippen LogP contribution in [-0.4, -0.2) is 25.0 Å². The van der Waals surface area contributed by atoms with Crippen LogP contribution in [0.5, 0.6) is 11.5 Å². The zero-order valence-electron chi connectivity index (χ0n) is 18.5. The Labute approximate surface area is 195 Å². The monoisotopic (exact) mass is 460 g/mol. The lowest BCUT2D eigenvalue weighted by atomic mass is 10.1. The number of benzene rings is 3. The molecule has 0 aliphatic carbocycles. The van der Waals surface area contributed by atoms with E-state index in [1.165, 1.54) is 19.3 Å². The second-order valence-corrected chi connectivity index (χ2v) is 7.53. The van der Waals surface area contributed by atoms with Crippen LogP contribution in [0.25, 0.3) is 6.08 Å². The number of carbonyl (C=O) groups is 3. The van der Waals surface area contributed by atoms with Gasteiger partial charge in [-0.25, -0.2) is 14.1 Å².